The number of amides is 2. The summed E-state index contributed by atoms with van der Waals surface area (Å²) >= 11 is 7.83. The van der Waals surface area contributed by atoms with Crippen LogP contribution in [0.15, 0.2) is 84.9 Å². The van der Waals surface area contributed by atoms with Crippen molar-refractivity contribution < 1.29 is 9.59 Å². The summed E-state index contributed by atoms with van der Waals surface area (Å²) < 4.78 is 0. The van der Waals surface area contributed by atoms with E-state index in [2.05, 4.69) is 17.4 Å². The second-order valence-corrected chi connectivity index (χ2v) is 10.5. The minimum absolute atomic E-state index is 0.0225. The Kier molecular flexibility index (Phi) is 11.4. The molecule has 0 radical (unpaired) electrons. The Hall–Kier alpha value is -2.76. The summed E-state index contributed by atoms with van der Waals surface area (Å²) in [5.41, 5.74) is 3.20. The first-order valence-corrected chi connectivity index (χ1v) is 14.0. The van der Waals surface area contributed by atoms with Crippen LogP contribution >= 0.6 is 23.4 Å². The molecule has 3 rings (SSSR count). The fourth-order valence-electron chi connectivity index (χ4n) is 3.85. The first-order chi connectivity index (χ1) is 17.5. The molecule has 0 saturated heterocycles. The summed E-state index contributed by atoms with van der Waals surface area (Å²) in [7, 11) is 0. The van der Waals surface area contributed by atoms with E-state index in [0.29, 0.717) is 30.2 Å². The molecular weight excluding hydrogens is 488 g/mol. The van der Waals surface area contributed by atoms with Crippen molar-refractivity contribution in [3.8, 4) is 0 Å². The number of benzene rings is 3. The molecule has 3 aromatic rings. The molecule has 0 heterocycles. The lowest BCUT2D eigenvalue weighted by atomic mass is 10.0. The normalized spacial score (nSPS) is 12.5. The van der Waals surface area contributed by atoms with Crippen molar-refractivity contribution in [1.82, 2.24) is 10.2 Å². The van der Waals surface area contributed by atoms with E-state index in [4.69, 9.17) is 11.6 Å². The number of hydrogen-bond donors (Lipinski definition) is 1. The zero-order valence-corrected chi connectivity index (χ0v) is 22.6. The number of nitrogens with one attached hydrogen (secondary N) is 1. The molecule has 0 bridgehead atoms. The Balaban J connectivity index is 1.80. The number of carbonyl (C=O) groups is 2. The molecule has 2 amide bonds. The fraction of sp³-hybridized carbons (Fsp3) is 0.333. The molecule has 4 nitrogen and oxygen atoms in total. The number of thioether (sulfide) groups is 1. The molecule has 6 heteroatoms. The van der Waals surface area contributed by atoms with Gasteiger partial charge in [0.15, 0.2) is 0 Å². The van der Waals surface area contributed by atoms with Crippen LogP contribution < -0.4 is 5.32 Å². The van der Waals surface area contributed by atoms with Gasteiger partial charge >= 0.3 is 0 Å². The van der Waals surface area contributed by atoms with Crippen molar-refractivity contribution >= 4 is 35.2 Å². The van der Waals surface area contributed by atoms with Gasteiger partial charge in [-0.05, 0) is 42.2 Å². The van der Waals surface area contributed by atoms with Crippen molar-refractivity contribution in [3.63, 3.8) is 0 Å². The summed E-state index contributed by atoms with van der Waals surface area (Å²) in [6, 6.07) is 27.0. The molecule has 0 aliphatic heterocycles. The SMILES string of the molecule is CC[C@H](C)NC(=O)[C@@H](Cc1ccccc1)N(Cc1ccc(Cl)cc1)C(=O)CCSCc1ccccc1. The summed E-state index contributed by atoms with van der Waals surface area (Å²) in [5, 5.41) is 3.75. The number of nitrogens with zero attached hydrogens (tertiary/aromatic N) is 1. The Labute approximate surface area is 224 Å². The van der Waals surface area contributed by atoms with Crippen molar-refractivity contribution in [2.75, 3.05) is 5.75 Å². The van der Waals surface area contributed by atoms with Crippen LogP contribution in [0.1, 0.15) is 43.4 Å². The van der Waals surface area contributed by atoms with Crippen LogP contribution in [-0.4, -0.2) is 34.6 Å². The van der Waals surface area contributed by atoms with E-state index < -0.39 is 6.04 Å². The van der Waals surface area contributed by atoms with Gasteiger partial charge in [0, 0.05) is 42.0 Å². The van der Waals surface area contributed by atoms with Gasteiger partial charge in [0.25, 0.3) is 0 Å². The van der Waals surface area contributed by atoms with E-state index in [0.717, 1.165) is 23.3 Å². The van der Waals surface area contributed by atoms with Gasteiger partial charge in [0.2, 0.25) is 11.8 Å². The van der Waals surface area contributed by atoms with Crippen molar-refractivity contribution in [1.29, 1.82) is 0 Å². The monoisotopic (exact) mass is 522 g/mol. The van der Waals surface area contributed by atoms with E-state index in [1.54, 1.807) is 16.7 Å². The van der Waals surface area contributed by atoms with Crippen LogP contribution in [0.2, 0.25) is 5.02 Å². The lowest BCUT2D eigenvalue weighted by molar-refractivity contribution is -0.141. The first kappa shape index (κ1) is 27.8. The van der Waals surface area contributed by atoms with Gasteiger partial charge in [-0.3, -0.25) is 9.59 Å². The van der Waals surface area contributed by atoms with Crippen LogP contribution in [0.25, 0.3) is 0 Å². The minimum atomic E-state index is -0.608. The van der Waals surface area contributed by atoms with E-state index in [1.807, 2.05) is 86.6 Å². The van der Waals surface area contributed by atoms with Gasteiger partial charge < -0.3 is 10.2 Å². The summed E-state index contributed by atoms with van der Waals surface area (Å²) in [6.07, 6.45) is 1.65. The lowest BCUT2D eigenvalue weighted by Gasteiger charge is -2.32. The van der Waals surface area contributed by atoms with Crippen LogP contribution in [-0.2, 0) is 28.3 Å². The predicted octanol–water partition coefficient (Wildman–Crippen LogP) is 6.52. The van der Waals surface area contributed by atoms with Gasteiger partial charge in [-0.2, -0.15) is 11.8 Å². The van der Waals surface area contributed by atoms with Crippen LogP contribution in [0.5, 0.6) is 0 Å². The van der Waals surface area contributed by atoms with E-state index >= 15 is 0 Å². The molecule has 190 valence electrons. The fourth-order valence-corrected chi connectivity index (χ4v) is 4.87. The lowest BCUT2D eigenvalue weighted by Crippen LogP contribution is -2.52. The predicted molar refractivity (Wildman–Crippen MR) is 151 cm³/mol. The minimum Gasteiger partial charge on any atom is -0.352 e. The Morgan fingerprint density at radius 2 is 1.50 bits per heavy atom. The molecule has 0 spiro atoms. The molecule has 0 aliphatic carbocycles. The molecule has 36 heavy (non-hydrogen) atoms. The summed E-state index contributed by atoms with van der Waals surface area (Å²) in [6.45, 7) is 4.38. The maximum atomic E-state index is 13.6. The molecule has 2 atom stereocenters. The number of halogens is 1. The largest absolute Gasteiger partial charge is 0.352 e. The van der Waals surface area contributed by atoms with E-state index in [9.17, 15) is 9.59 Å². The van der Waals surface area contributed by atoms with Crippen molar-refractivity contribution in [3.05, 3.63) is 107 Å². The average molecular weight is 523 g/mol. The molecule has 0 fully saturated rings. The maximum Gasteiger partial charge on any atom is 0.243 e. The van der Waals surface area contributed by atoms with Crippen LogP contribution in [0.4, 0.5) is 0 Å². The third kappa shape index (κ3) is 9.03. The average Bonchev–Trinajstić information content (AvgIpc) is 2.90. The summed E-state index contributed by atoms with van der Waals surface area (Å²) in [4.78, 5) is 28.9. The van der Waals surface area contributed by atoms with Gasteiger partial charge in [-0.15, -0.1) is 0 Å². The first-order valence-electron chi connectivity index (χ1n) is 12.5. The van der Waals surface area contributed by atoms with Gasteiger partial charge in [0.05, 0.1) is 0 Å². The summed E-state index contributed by atoms with van der Waals surface area (Å²) in [5.74, 6) is 1.40. The number of carbonyl (C=O) groups excluding carboxylic acids is 2. The Morgan fingerprint density at radius 3 is 2.11 bits per heavy atom. The molecule has 0 aromatic heterocycles. The Bertz CT molecular complexity index is 1080. The van der Waals surface area contributed by atoms with Crippen molar-refractivity contribution in [2.24, 2.45) is 0 Å². The molecule has 0 unspecified atom stereocenters. The van der Waals surface area contributed by atoms with Gasteiger partial charge in [-0.25, -0.2) is 0 Å². The zero-order chi connectivity index (χ0) is 25.8. The quantitative estimate of drug-likeness (QED) is 0.260. The van der Waals surface area contributed by atoms with E-state index in [1.165, 1.54) is 5.56 Å². The third-order valence-corrected chi connectivity index (χ3v) is 7.39. The van der Waals surface area contributed by atoms with Gasteiger partial charge in [0.1, 0.15) is 6.04 Å². The second kappa shape index (κ2) is 14.7. The van der Waals surface area contributed by atoms with Crippen LogP contribution in [0, 0.1) is 0 Å². The topological polar surface area (TPSA) is 49.4 Å². The highest BCUT2D eigenvalue weighted by Gasteiger charge is 2.30. The smallest absolute Gasteiger partial charge is 0.243 e. The molecule has 0 aliphatic rings. The van der Waals surface area contributed by atoms with E-state index in [-0.39, 0.29) is 17.9 Å². The standard InChI is InChI=1S/C30H35ClN2O2S/c1-3-23(2)32-30(35)28(20-24-10-6-4-7-11-24)33(21-25-14-16-27(31)17-15-25)29(34)18-19-36-22-26-12-8-5-9-13-26/h4-17,23,28H,3,18-22H2,1-2H3,(H,32,35)/t23-,28+/m0/s1. The third-order valence-electron chi connectivity index (χ3n) is 6.11. The number of hydrogen-bond acceptors (Lipinski definition) is 3. The highest BCUT2D eigenvalue weighted by molar-refractivity contribution is 7.98. The highest BCUT2D eigenvalue weighted by Crippen LogP contribution is 2.19. The Morgan fingerprint density at radius 1 is 0.889 bits per heavy atom. The maximum absolute atomic E-state index is 13.6. The van der Waals surface area contributed by atoms with Crippen molar-refractivity contribution in [2.45, 2.75) is 57.5 Å². The molecule has 0 saturated carbocycles. The second-order valence-electron chi connectivity index (χ2n) is 8.96. The van der Waals surface area contributed by atoms with Gasteiger partial charge in [-0.1, -0.05) is 91.3 Å². The highest BCUT2D eigenvalue weighted by atomic mass is 35.5. The molecule has 3 aromatic carbocycles. The molecular formula is C30H35ClN2O2S. The zero-order valence-electron chi connectivity index (χ0n) is 21.0. The molecule has 1 N–H and O–H groups in total. The van der Waals surface area contributed by atoms with Crippen LogP contribution in [0.3, 0.4) is 0 Å². The number of rotatable bonds is 13.